The van der Waals surface area contributed by atoms with Crippen LogP contribution in [0.3, 0.4) is 0 Å². The molecule has 41 heavy (non-hydrogen) atoms. The van der Waals surface area contributed by atoms with Gasteiger partial charge in [-0.1, -0.05) is 27.7 Å². The zero-order valence-electron chi connectivity index (χ0n) is 24.9. The van der Waals surface area contributed by atoms with Crippen molar-refractivity contribution in [2.24, 2.45) is 29.1 Å². The number of carbonyl (C=O) groups is 2. The minimum absolute atomic E-state index is 0.0382. The summed E-state index contributed by atoms with van der Waals surface area (Å²) in [5, 5.41) is 34.0. The summed E-state index contributed by atoms with van der Waals surface area (Å²) >= 11 is 0. The molecule has 2 amide bonds. The number of benzene rings is 1. The quantitative estimate of drug-likeness (QED) is 0.341. The minimum atomic E-state index is -1.09. The number of nitrogens with one attached hydrogen (secondary N) is 1. The van der Waals surface area contributed by atoms with Gasteiger partial charge in [-0.05, 0) is 72.1 Å². The van der Waals surface area contributed by atoms with E-state index < -0.39 is 24.2 Å². The summed E-state index contributed by atoms with van der Waals surface area (Å²) in [5.41, 5.74) is 1.87. The molecule has 9 nitrogen and oxygen atoms in total. The van der Waals surface area contributed by atoms with Crippen molar-refractivity contribution < 1.29 is 34.4 Å². The molecule has 0 spiro atoms. The van der Waals surface area contributed by atoms with E-state index in [2.05, 4.69) is 19.2 Å². The van der Waals surface area contributed by atoms with Crippen molar-refractivity contribution in [2.75, 3.05) is 26.8 Å². The van der Waals surface area contributed by atoms with E-state index in [1.807, 2.05) is 18.7 Å². The zero-order valence-corrected chi connectivity index (χ0v) is 24.9. The van der Waals surface area contributed by atoms with Crippen LogP contribution in [-0.4, -0.2) is 77.1 Å². The van der Waals surface area contributed by atoms with Gasteiger partial charge in [-0.3, -0.25) is 9.59 Å². The number of hydrogen-bond donors (Lipinski definition) is 4. The number of ether oxygens (including phenoxy) is 2. The maximum Gasteiger partial charge on any atom is 0.247 e. The molecular formula is C32H46N2O7. The number of aliphatic hydroxyl groups excluding tert-OH is 3. The van der Waals surface area contributed by atoms with Crippen molar-refractivity contribution in [1.82, 2.24) is 10.2 Å². The zero-order chi connectivity index (χ0) is 29.6. The van der Waals surface area contributed by atoms with Crippen molar-refractivity contribution >= 4 is 11.8 Å². The summed E-state index contributed by atoms with van der Waals surface area (Å²) in [7, 11) is 1.51. The monoisotopic (exact) mass is 570 g/mol. The lowest BCUT2D eigenvalue weighted by molar-refractivity contribution is -0.147. The second-order valence-corrected chi connectivity index (χ2v) is 13.4. The van der Waals surface area contributed by atoms with Crippen LogP contribution in [0.15, 0.2) is 23.8 Å². The average molecular weight is 571 g/mol. The molecular weight excluding hydrogens is 524 g/mol. The van der Waals surface area contributed by atoms with Gasteiger partial charge in [0, 0.05) is 30.6 Å². The summed E-state index contributed by atoms with van der Waals surface area (Å²) in [6.07, 6.45) is 3.54. The molecule has 3 saturated carbocycles. The van der Waals surface area contributed by atoms with Gasteiger partial charge in [-0.15, -0.1) is 0 Å². The van der Waals surface area contributed by atoms with E-state index in [1.165, 1.54) is 13.5 Å². The van der Waals surface area contributed by atoms with E-state index in [0.717, 1.165) is 18.8 Å². The molecule has 0 aromatic heterocycles. The number of fused-ring (bicyclic) bond motifs is 5. The second kappa shape index (κ2) is 11.6. The summed E-state index contributed by atoms with van der Waals surface area (Å²) in [5.74, 6) is 1.51. The van der Waals surface area contributed by atoms with Gasteiger partial charge in [0.1, 0.15) is 12.2 Å². The highest BCUT2D eigenvalue weighted by molar-refractivity contribution is 5.96. The Hall–Kier alpha value is -2.62. The molecule has 0 radical (unpaired) electrons. The molecule has 7 unspecified atom stereocenters. The Balaban J connectivity index is 1.55. The molecule has 1 aromatic carbocycles. The lowest BCUT2D eigenvalue weighted by Gasteiger charge is -2.61. The van der Waals surface area contributed by atoms with E-state index in [9.17, 15) is 24.9 Å². The van der Waals surface area contributed by atoms with Crippen LogP contribution in [0.25, 0.3) is 0 Å². The highest BCUT2D eigenvalue weighted by Gasteiger charge is 2.56. The molecule has 7 atom stereocenters. The number of amides is 2. The lowest BCUT2D eigenvalue weighted by Crippen LogP contribution is -2.59. The Morgan fingerprint density at radius 1 is 1.22 bits per heavy atom. The van der Waals surface area contributed by atoms with Crippen LogP contribution in [0.5, 0.6) is 11.5 Å². The van der Waals surface area contributed by atoms with Crippen LogP contribution in [0.4, 0.5) is 0 Å². The largest absolute Gasteiger partial charge is 0.493 e. The molecule has 2 bridgehead atoms. The third-order valence-electron chi connectivity index (χ3n) is 10.2. The van der Waals surface area contributed by atoms with Gasteiger partial charge in [0.05, 0.1) is 32.3 Å². The summed E-state index contributed by atoms with van der Waals surface area (Å²) < 4.78 is 11.9. The van der Waals surface area contributed by atoms with Gasteiger partial charge >= 0.3 is 0 Å². The predicted molar refractivity (Wildman–Crippen MR) is 153 cm³/mol. The molecule has 226 valence electrons. The Morgan fingerprint density at radius 3 is 2.59 bits per heavy atom. The highest BCUT2D eigenvalue weighted by atomic mass is 16.5. The van der Waals surface area contributed by atoms with Crippen LogP contribution in [-0.2, 0) is 16.2 Å². The molecule has 1 aromatic rings. The Morgan fingerprint density at radius 2 is 1.98 bits per heavy atom. The van der Waals surface area contributed by atoms with Gasteiger partial charge in [-0.25, -0.2) is 0 Å². The first-order valence-electron chi connectivity index (χ1n) is 15.1. The summed E-state index contributed by atoms with van der Waals surface area (Å²) in [6.45, 7) is 8.85. The Labute approximate surface area is 242 Å². The van der Waals surface area contributed by atoms with Crippen molar-refractivity contribution in [3.8, 4) is 11.5 Å². The molecule has 9 heteroatoms. The van der Waals surface area contributed by atoms with Crippen LogP contribution < -0.4 is 14.8 Å². The lowest BCUT2D eigenvalue weighted by atomic mass is 9.45. The van der Waals surface area contributed by atoms with Crippen LogP contribution in [0, 0.1) is 29.1 Å². The van der Waals surface area contributed by atoms with Gasteiger partial charge < -0.3 is 35.0 Å². The van der Waals surface area contributed by atoms with Crippen LogP contribution in [0.2, 0.25) is 0 Å². The van der Waals surface area contributed by atoms with E-state index in [-0.39, 0.29) is 42.9 Å². The van der Waals surface area contributed by atoms with E-state index in [1.54, 1.807) is 18.2 Å². The first-order valence-corrected chi connectivity index (χ1v) is 15.1. The van der Waals surface area contributed by atoms with E-state index in [0.29, 0.717) is 53.0 Å². The third kappa shape index (κ3) is 5.25. The number of methoxy groups -OCH3 is 1. The maximum absolute atomic E-state index is 13.9. The SMILES string of the molecule is COc1cc(CO)cc2c1OC1C2C(C(=O)NCCO)=CC(N(CC2CCC3CC2C3(C)C)C(=O)CC(C)C)C1O. The molecule has 6 rings (SSSR count). The minimum Gasteiger partial charge on any atom is -0.493 e. The smallest absolute Gasteiger partial charge is 0.247 e. The van der Waals surface area contributed by atoms with Gasteiger partial charge in [0.25, 0.3) is 0 Å². The Kier molecular flexibility index (Phi) is 8.43. The number of aliphatic hydroxyl groups is 3. The van der Waals surface area contributed by atoms with Gasteiger partial charge in [-0.2, -0.15) is 0 Å². The van der Waals surface area contributed by atoms with Crippen LogP contribution >= 0.6 is 0 Å². The predicted octanol–water partition coefficient (Wildman–Crippen LogP) is 2.76. The maximum atomic E-state index is 13.9. The van der Waals surface area contributed by atoms with E-state index >= 15 is 0 Å². The molecule has 0 saturated heterocycles. The van der Waals surface area contributed by atoms with Crippen LogP contribution in [0.1, 0.15) is 70.4 Å². The van der Waals surface area contributed by atoms with Crippen molar-refractivity contribution in [2.45, 2.75) is 84.2 Å². The normalized spacial score (nSPS) is 30.9. The number of carbonyl (C=O) groups excluding carboxylic acids is 2. The first-order chi connectivity index (χ1) is 19.5. The van der Waals surface area contributed by atoms with Crippen molar-refractivity contribution in [3.05, 3.63) is 34.9 Å². The average Bonchev–Trinajstić information content (AvgIpc) is 3.34. The Bertz CT molecular complexity index is 1190. The number of hydrogen-bond acceptors (Lipinski definition) is 7. The number of rotatable bonds is 10. The standard InChI is InChI=1S/C32H46N2O7/c1-17(2)10-26(37)34(15-19-6-7-20-13-23(19)32(20,3)4)24-14-22(31(39)33-8-9-35)27-21-11-18(16-36)12-25(40-5)29(21)41-30(27)28(24)38/h11-12,14,17,19-20,23-24,27-28,30,35-36,38H,6-10,13,15-16H2,1-5H3,(H,33,39). The van der Waals surface area contributed by atoms with Crippen molar-refractivity contribution in [3.63, 3.8) is 0 Å². The molecule has 4 aliphatic carbocycles. The fraction of sp³-hybridized carbons (Fsp3) is 0.688. The fourth-order valence-electron chi connectivity index (χ4n) is 7.91. The molecule has 1 heterocycles. The van der Waals surface area contributed by atoms with Crippen molar-refractivity contribution in [1.29, 1.82) is 0 Å². The topological polar surface area (TPSA) is 129 Å². The van der Waals surface area contributed by atoms with E-state index in [4.69, 9.17) is 9.47 Å². The molecule has 3 fully saturated rings. The second-order valence-electron chi connectivity index (χ2n) is 13.4. The van der Waals surface area contributed by atoms with Gasteiger partial charge in [0.2, 0.25) is 11.8 Å². The molecule has 4 N–H and O–H groups in total. The highest BCUT2D eigenvalue weighted by Crippen LogP contribution is 2.61. The third-order valence-corrected chi connectivity index (χ3v) is 10.2. The molecule has 1 aliphatic heterocycles. The summed E-state index contributed by atoms with van der Waals surface area (Å²) in [4.78, 5) is 29.2. The fourth-order valence-corrected chi connectivity index (χ4v) is 7.91. The summed E-state index contributed by atoms with van der Waals surface area (Å²) in [6, 6.07) is 2.71. The first kappa shape index (κ1) is 29.9. The number of nitrogens with zero attached hydrogens (tertiary/aromatic N) is 1. The van der Waals surface area contributed by atoms with Gasteiger partial charge in [0.15, 0.2) is 11.5 Å². The molecule has 5 aliphatic rings.